The molecule has 0 saturated heterocycles. The number of ketones is 1. The smallest absolute Gasteiger partial charge is 0.318 e. The molecule has 0 bridgehead atoms. The molecule has 0 aliphatic heterocycles. The number of Topliss-reactive ketones (excluding diaryl/α,β-unsaturated/α-hetero) is 1. The van der Waals surface area contributed by atoms with Crippen molar-refractivity contribution in [2.45, 2.75) is 26.7 Å². The first-order valence-electron chi connectivity index (χ1n) is 5.35. The Labute approximate surface area is 95.4 Å². The van der Waals surface area contributed by atoms with Crippen molar-refractivity contribution in [2.24, 2.45) is 5.92 Å². The van der Waals surface area contributed by atoms with Gasteiger partial charge < -0.3 is 4.74 Å². The molecule has 0 atom stereocenters. The molecule has 0 saturated carbocycles. The molecule has 86 valence electrons. The van der Waals surface area contributed by atoms with Crippen LogP contribution in [-0.2, 0) is 9.59 Å². The summed E-state index contributed by atoms with van der Waals surface area (Å²) in [5.41, 5.74) is 0. The van der Waals surface area contributed by atoms with Crippen LogP contribution in [0.15, 0.2) is 30.3 Å². The summed E-state index contributed by atoms with van der Waals surface area (Å²) < 4.78 is 5.01. The summed E-state index contributed by atoms with van der Waals surface area (Å²) in [5, 5.41) is 0. The monoisotopic (exact) mass is 220 g/mol. The normalized spacial score (nSPS) is 10.2. The van der Waals surface area contributed by atoms with Gasteiger partial charge in [-0.1, -0.05) is 32.0 Å². The molecule has 1 aromatic rings. The highest BCUT2D eigenvalue weighted by Gasteiger charge is 2.12. The summed E-state index contributed by atoms with van der Waals surface area (Å²) in [4.78, 5) is 22.7. The lowest BCUT2D eigenvalue weighted by atomic mass is 10.1. The van der Waals surface area contributed by atoms with Gasteiger partial charge >= 0.3 is 5.97 Å². The van der Waals surface area contributed by atoms with Crippen molar-refractivity contribution in [3.63, 3.8) is 0 Å². The average Bonchev–Trinajstić information content (AvgIpc) is 2.17. The van der Waals surface area contributed by atoms with Crippen molar-refractivity contribution in [1.29, 1.82) is 0 Å². The Morgan fingerprint density at radius 3 is 2.38 bits per heavy atom. The minimum Gasteiger partial charge on any atom is -0.426 e. The number of carbonyl (C=O) groups excluding carboxylic acids is 2. The van der Waals surface area contributed by atoms with Crippen molar-refractivity contribution < 1.29 is 14.3 Å². The van der Waals surface area contributed by atoms with E-state index in [0.29, 0.717) is 12.2 Å². The number of esters is 1. The summed E-state index contributed by atoms with van der Waals surface area (Å²) in [6.45, 7) is 3.89. The maximum Gasteiger partial charge on any atom is 0.318 e. The van der Waals surface area contributed by atoms with E-state index in [0.717, 1.165) is 0 Å². The first kappa shape index (κ1) is 12.4. The lowest BCUT2D eigenvalue weighted by molar-refractivity contribution is -0.138. The third-order valence-corrected chi connectivity index (χ3v) is 1.95. The summed E-state index contributed by atoms with van der Waals surface area (Å²) in [7, 11) is 0. The van der Waals surface area contributed by atoms with E-state index in [2.05, 4.69) is 0 Å². The first-order valence-corrected chi connectivity index (χ1v) is 5.35. The molecule has 0 aliphatic carbocycles. The molecular weight excluding hydrogens is 204 g/mol. The Bertz CT molecular complexity index is 355. The topological polar surface area (TPSA) is 43.4 Å². The second kappa shape index (κ2) is 6.05. The Kier molecular flexibility index (Phi) is 4.70. The molecule has 1 aromatic carbocycles. The first-order chi connectivity index (χ1) is 7.58. The fraction of sp³-hybridized carbons (Fsp3) is 0.385. The van der Waals surface area contributed by atoms with E-state index in [1.54, 1.807) is 24.3 Å². The summed E-state index contributed by atoms with van der Waals surface area (Å²) in [6, 6.07) is 8.76. The van der Waals surface area contributed by atoms with Crippen LogP contribution in [0.4, 0.5) is 0 Å². The minimum absolute atomic E-state index is 0.0732. The van der Waals surface area contributed by atoms with Crippen LogP contribution in [0.3, 0.4) is 0 Å². The lowest BCUT2D eigenvalue weighted by Gasteiger charge is -2.04. The highest BCUT2D eigenvalue weighted by atomic mass is 16.5. The highest BCUT2D eigenvalue weighted by molar-refractivity contribution is 5.96. The van der Waals surface area contributed by atoms with Crippen LogP contribution in [-0.4, -0.2) is 11.8 Å². The fourth-order valence-corrected chi connectivity index (χ4v) is 1.34. The van der Waals surface area contributed by atoms with Crippen LogP contribution >= 0.6 is 0 Å². The minimum atomic E-state index is -0.489. The van der Waals surface area contributed by atoms with Crippen LogP contribution in [0, 0.1) is 5.92 Å². The molecule has 0 fully saturated rings. The van der Waals surface area contributed by atoms with Crippen molar-refractivity contribution in [2.75, 3.05) is 0 Å². The van der Waals surface area contributed by atoms with Gasteiger partial charge in [-0.05, 0) is 18.1 Å². The zero-order valence-corrected chi connectivity index (χ0v) is 9.60. The molecule has 0 spiro atoms. The van der Waals surface area contributed by atoms with Crippen LogP contribution in [0.25, 0.3) is 0 Å². The van der Waals surface area contributed by atoms with Gasteiger partial charge in [0.15, 0.2) is 0 Å². The number of para-hydroxylation sites is 1. The van der Waals surface area contributed by atoms with Crippen molar-refractivity contribution >= 4 is 11.8 Å². The van der Waals surface area contributed by atoms with Gasteiger partial charge in [0.05, 0.1) is 0 Å². The number of rotatable bonds is 5. The van der Waals surface area contributed by atoms with Crippen LogP contribution in [0.5, 0.6) is 5.75 Å². The van der Waals surface area contributed by atoms with E-state index in [-0.39, 0.29) is 18.1 Å². The molecule has 16 heavy (non-hydrogen) atoms. The van der Waals surface area contributed by atoms with Crippen molar-refractivity contribution in [3.8, 4) is 5.75 Å². The van der Waals surface area contributed by atoms with E-state index in [4.69, 9.17) is 4.74 Å². The van der Waals surface area contributed by atoms with Gasteiger partial charge in [0.2, 0.25) is 0 Å². The number of carbonyl (C=O) groups is 2. The Hall–Kier alpha value is -1.64. The van der Waals surface area contributed by atoms with Crippen molar-refractivity contribution in [3.05, 3.63) is 30.3 Å². The van der Waals surface area contributed by atoms with E-state index in [1.807, 2.05) is 19.9 Å². The van der Waals surface area contributed by atoms with Gasteiger partial charge in [-0.15, -0.1) is 0 Å². The number of ether oxygens (including phenoxy) is 1. The molecule has 0 N–H and O–H groups in total. The van der Waals surface area contributed by atoms with Crippen molar-refractivity contribution in [1.82, 2.24) is 0 Å². The second-order valence-electron chi connectivity index (χ2n) is 4.10. The molecule has 1 rings (SSSR count). The second-order valence-corrected chi connectivity index (χ2v) is 4.10. The highest BCUT2D eigenvalue weighted by Crippen LogP contribution is 2.10. The third-order valence-electron chi connectivity index (χ3n) is 1.95. The SMILES string of the molecule is CC(C)CC(=O)CC(=O)Oc1ccccc1. The zero-order chi connectivity index (χ0) is 12.0. The average molecular weight is 220 g/mol. The Morgan fingerprint density at radius 2 is 1.81 bits per heavy atom. The molecule has 3 heteroatoms. The van der Waals surface area contributed by atoms with E-state index >= 15 is 0 Å². The van der Waals surface area contributed by atoms with Crippen LogP contribution < -0.4 is 4.74 Å². The van der Waals surface area contributed by atoms with Crippen LogP contribution in [0.2, 0.25) is 0 Å². The van der Waals surface area contributed by atoms with E-state index in [9.17, 15) is 9.59 Å². The summed E-state index contributed by atoms with van der Waals surface area (Å²) in [6.07, 6.45) is 0.275. The Balaban J connectivity index is 2.39. The van der Waals surface area contributed by atoms with Gasteiger partial charge in [-0.3, -0.25) is 9.59 Å². The molecule has 0 amide bonds. The van der Waals surface area contributed by atoms with Gasteiger partial charge in [-0.2, -0.15) is 0 Å². The molecule has 0 radical (unpaired) electrons. The molecular formula is C13H16O3. The number of hydrogen-bond donors (Lipinski definition) is 0. The maximum absolute atomic E-state index is 11.4. The van der Waals surface area contributed by atoms with Gasteiger partial charge in [0.1, 0.15) is 18.0 Å². The van der Waals surface area contributed by atoms with Gasteiger partial charge in [0, 0.05) is 6.42 Å². The molecule has 0 unspecified atom stereocenters. The molecule has 0 heterocycles. The third kappa shape index (κ3) is 4.73. The van der Waals surface area contributed by atoms with E-state index < -0.39 is 5.97 Å². The van der Waals surface area contributed by atoms with Crippen LogP contribution in [0.1, 0.15) is 26.7 Å². The maximum atomic E-state index is 11.4. The molecule has 0 aromatic heterocycles. The summed E-state index contributed by atoms with van der Waals surface area (Å²) >= 11 is 0. The predicted octanol–water partition coefficient (Wildman–Crippen LogP) is 2.60. The predicted molar refractivity (Wildman–Crippen MR) is 61.2 cm³/mol. The Morgan fingerprint density at radius 1 is 1.19 bits per heavy atom. The zero-order valence-electron chi connectivity index (χ0n) is 9.60. The van der Waals surface area contributed by atoms with Gasteiger partial charge in [-0.25, -0.2) is 0 Å². The largest absolute Gasteiger partial charge is 0.426 e. The molecule has 0 aliphatic rings. The fourth-order valence-electron chi connectivity index (χ4n) is 1.34. The quantitative estimate of drug-likeness (QED) is 0.435. The number of hydrogen-bond acceptors (Lipinski definition) is 3. The summed E-state index contributed by atoms with van der Waals surface area (Å²) in [5.74, 6) is 0.189. The number of benzene rings is 1. The van der Waals surface area contributed by atoms with E-state index in [1.165, 1.54) is 0 Å². The van der Waals surface area contributed by atoms with Gasteiger partial charge in [0.25, 0.3) is 0 Å². The lowest BCUT2D eigenvalue weighted by Crippen LogP contribution is -2.15. The molecule has 3 nitrogen and oxygen atoms in total. The standard InChI is InChI=1S/C13H16O3/c1-10(2)8-11(14)9-13(15)16-12-6-4-3-5-7-12/h3-7,10H,8-9H2,1-2H3.